The van der Waals surface area contributed by atoms with E-state index in [2.05, 4.69) is 41.3 Å². The minimum absolute atomic E-state index is 0.171. The van der Waals surface area contributed by atoms with Crippen molar-refractivity contribution in [3.8, 4) is 6.07 Å². The molecule has 1 aliphatic rings. The van der Waals surface area contributed by atoms with Crippen molar-refractivity contribution in [3.05, 3.63) is 71.5 Å². The SMILES string of the molecule is CN(C)C1=CC=CC1c1cc2ccccc2cc1C#N. The fourth-order valence-corrected chi connectivity index (χ4v) is 2.77. The van der Waals surface area contributed by atoms with Crippen LogP contribution in [0.3, 0.4) is 0 Å². The van der Waals surface area contributed by atoms with E-state index in [-0.39, 0.29) is 5.92 Å². The van der Waals surface area contributed by atoms with Gasteiger partial charge in [-0.15, -0.1) is 0 Å². The highest BCUT2D eigenvalue weighted by atomic mass is 15.1. The van der Waals surface area contributed by atoms with Gasteiger partial charge in [0, 0.05) is 25.7 Å². The van der Waals surface area contributed by atoms with Crippen molar-refractivity contribution >= 4 is 10.8 Å². The van der Waals surface area contributed by atoms with Crippen molar-refractivity contribution in [2.45, 2.75) is 5.92 Å². The van der Waals surface area contributed by atoms with Crippen LogP contribution in [0, 0.1) is 11.3 Å². The molecular formula is C18H16N2. The number of nitriles is 1. The Bertz CT molecular complexity index is 761. The largest absolute Gasteiger partial charge is 0.380 e. The minimum atomic E-state index is 0.171. The average Bonchev–Trinajstić information content (AvgIpc) is 2.95. The van der Waals surface area contributed by atoms with Crippen LogP contribution >= 0.6 is 0 Å². The maximum absolute atomic E-state index is 9.46. The summed E-state index contributed by atoms with van der Waals surface area (Å²) in [7, 11) is 4.08. The summed E-state index contributed by atoms with van der Waals surface area (Å²) in [6.45, 7) is 0. The van der Waals surface area contributed by atoms with Gasteiger partial charge in [-0.25, -0.2) is 0 Å². The van der Waals surface area contributed by atoms with Crippen molar-refractivity contribution in [1.82, 2.24) is 4.90 Å². The molecular weight excluding hydrogens is 244 g/mol. The lowest BCUT2D eigenvalue weighted by molar-refractivity contribution is 0.487. The third kappa shape index (κ3) is 1.98. The number of fused-ring (bicyclic) bond motifs is 1. The van der Waals surface area contributed by atoms with E-state index in [0.717, 1.165) is 16.5 Å². The highest BCUT2D eigenvalue weighted by Gasteiger charge is 2.21. The quantitative estimate of drug-likeness (QED) is 0.821. The van der Waals surface area contributed by atoms with Gasteiger partial charge in [0.1, 0.15) is 0 Å². The molecule has 0 amide bonds. The Balaban J connectivity index is 2.18. The molecule has 20 heavy (non-hydrogen) atoms. The highest BCUT2D eigenvalue weighted by molar-refractivity contribution is 5.85. The highest BCUT2D eigenvalue weighted by Crippen LogP contribution is 2.35. The average molecular weight is 260 g/mol. The molecule has 2 aromatic carbocycles. The first-order valence-corrected chi connectivity index (χ1v) is 6.69. The Morgan fingerprint density at radius 3 is 2.45 bits per heavy atom. The summed E-state index contributed by atoms with van der Waals surface area (Å²) in [4.78, 5) is 2.11. The molecule has 0 saturated heterocycles. The molecule has 0 fully saturated rings. The molecule has 98 valence electrons. The molecule has 1 atom stereocenters. The maximum atomic E-state index is 9.46. The Morgan fingerprint density at radius 1 is 1.10 bits per heavy atom. The van der Waals surface area contributed by atoms with Gasteiger partial charge in [0.2, 0.25) is 0 Å². The van der Waals surface area contributed by atoms with E-state index < -0.39 is 0 Å². The molecule has 0 N–H and O–H groups in total. The molecule has 0 radical (unpaired) electrons. The van der Waals surface area contributed by atoms with E-state index in [4.69, 9.17) is 0 Å². The zero-order valence-corrected chi connectivity index (χ0v) is 11.7. The maximum Gasteiger partial charge on any atom is 0.0995 e. The molecule has 2 nitrogen and oxygen atoms in total. The van der Waals surface area contributed by atoms with Gasteiger partial charge in [-0.2, -0.15) is 5.26 Å². The molecule has 3 rings (SSSR count). The molecule has 0 aromatic heterocycles. The van der Waals surface area contributed by atoms with E-state index in [1.807, 2.05) is 38.4 Å². The summed E-state index contributed by atoms with van der Waals surface area (Å²) >= 11 is 0. The number of likely N-dealkylation sites (N-methyl/N-ethyl adjacent to an activating group) is 1. The molecule has 0 spiro atoms. The lowest BCUT2D eigenvalue weighted by Gasteiger charge is -2.22. The lowest BCUT2D eigenvalue weighted by atomic mass is 9.90. The zero-order valence-electron chi connectivity index (χ0n) is 11.7. The van der Waals surface area contributed by atoms with Crippen LogP contribution in [0.15, 0.2) is 60.3 Å². The van der Waals surface area contributed by atoms with Crippen LogP contribution in [-0.2, 0) is 0 Å². The van der Waals surface area contributed by atoms with E-state index in [0.29, 0.717) is 0 Å². The van der Waals surface area contributed by atoms with Crippen LogP contribution in [0.1, 0.15) is 17.0 Å². The molecule has 0 aliphatic heterocycles. The predicted octanol–water partition coefficient (Wildman–Crippen LogP) is 3.81. The zero-order chi connectivity index (χ0) is 14.1. The second-order valence-electron chi connectivity index (χ2n) is 5.25. The molecule has 0 saturated carbocycles. The Labute approximate surface area is 119 Å². The second kappa shape index (κ2) is 4.86. The van der Waals surface area contributed by atoms with Crippen LogP contribution in [-0.4, -0.2) is 19.0 Å². The number of hydrogen-bond donors (Lipinski definition) is 0. The first-order valence-electron chi connectivity index (χ1n) is 6.69. The van der Waals surface area contributed by atoms with Crippen LogP contribution in [0.5, 0.6) is 0 Å². The summed E-state index contributed by atoms with van der Waals surface area (Å²) < 4.78 is 0. The monoisotopic (exact) mass is 260 g/mol. The summed E-state index contributed by atoms with van der Waals surface area (Å²) in [6.07, 6.45) is 6.33. The first-order chi connectivity index (χ1) is 9.70. The minimum Gasteiger partial charge on any atom is -0.380 e. The molecule has 1 aliphatic carbocycles. The summed E-state index contributed by atoms with van der Waals surface area (Å²) in [6, 6.07) is 14.7. The molecule has 0 heterocycles. The molecule has 2 aromatic rings. The second-order valence-corrected chi connectivity index (χ2v) is 5.25. The topological polar surface area (TPSA) is 27.0 Å². The summed E-state index contributed by atoms with van der Waals surface area (Å²) in [5, 5.41) is 11.8. The van der Waals surface area contributed by atoms with Crippen molar-refractivity contribution < 1.29 is 0 Å². The van der Waals surface area contributed by atoms with Crippen molar-refractivity contribution in [2.24, 2.45) is 0 Å². The van der Waals surface area contributed by atoms with Gasteiger partial charge in [0.05, 0.1) is 11.6 Å². The van der Waals surface area contributed by atoms with Crippen molar-refractivity contribution in [2.75, 3.05) is 14.1 Å². The van der Waals surface area contributed by atoms with Gasteiger partial charge >= 0.3 is 0 Å². The van der Waals surface area contributed by atoms with Gasteiger partial charge in [-0.05, 0) is 34.5 Å². The van der Waals surface area contributed by atoms with Gasteiger partial charge in [0.15, 0.2) is 0 Å². The Hall–Kier alpha value is -2.53. The number of hydrogen-bond acceptors (Lipinski definition) is 2. The van der Waals surface area contributed by atoms with Crippen molar-refractivity contribution in [3.63, 3.8) is 0 Å². The van der Waals surface area contributed by atoms with E-state index in [9.17, 15) is 5.26 Å². The normalized spacial score (nSPS) is 17.1. The van der Waals surface area contributed by atoms with Gasteiger partial charge in [-0.1, -0.05) is 36.4 Å². The molecule has 0 bridgehead atoms. The fourth-order valence-electron chi connectivity index (χ4n) is 2.77. The van der Waals surface area contributed by atoms with E-state index in [1.165, 1.54) is 11.1 Å². The Morgan fingerprint density at radius 2 is 1.80 bits per heavy atom. The van der Waals surface area contributed by atoms with Gasteiger partial charge < -0.3 is 4.90 Å². The number of rotatable bonds is 2. The van der Waals surface area contributed by atoms with Crippen molar-refractivity contribution in [1.29, 1.82) is 5.26 Å². The smallest absolute Gasteiger partial charge is 0.0995 e. The van der Waals surface area contributed by atoms with Gasteiger partial charge in [-0.3, -0.25) is 0 Å². The fraction of sp³-hybridized carbons (Fsp3) is 0.167. The predicted molar refractivity (Wildman–Crippen MR) is 82.3 cm³/mol. The number of benzene rings is 2. The third-order valence-electron chi connectivity index (χ3n) is 3.78. The summed E-state index contributed by atoms with van der Waals surface area (Å²) in [5.41, 5.74) is 3.06. The van der Waals surface area contributed by atoms with E-state index in [1.54, 1.807) is 0 Å². The van der Waals surface area contributed by atoms with Crippen LogP contribution in [0.25, 0.3) is 10.8 Å². The molecule has 2 heteroatoms. The standard InChI is InChI=1S/C18H16N2/c1-20(2)18-9-5-8-16(18)17-11-14-7-4-3-6-13(14)10-15(17)12-19/h3-11,16H,1-2H3. The first kappa shape index (κ1) is 12.5. The molecule has 1 unspecified atom stereocenters. The van der Waals surface area contributed by atoms with Crippen LogP contribution < -0.4 is 0 Å². The number of nitrogens with zero attached hydrogens (tertiary/aromatic N) is 2. The lowest BCUT2D eigenvalue weighted by Crippen LogP contribution is -2.16. The van der Waals surface area contributed by atoms with E-state index >= 15 is 0 Å². The van der Waals surface area contributed by atoms with Crippen LogP contribution in [0.2, 0.25) is 0 Å². The summed E-state index contributed by atoms with van der Waals surface area (Å²) in [5.74, 6) is 0.171. The van der Waals surface area contributed by atoms with Gasteiger partial charge in [0.25, 0.3) is 0 Å². The number of allylic oxidation sites excluding steroid dienone is 3. The third-order valence-corrected chi connectivity index (χ3v) is 3.78. The van der Waals surface area contributed by atoms with Crippen LogP contribution in [0.4, 0.5) is 0 Å². The Kier molecular flexibility index (Phi) is 3.04.